The Morgan fingerprint density at radius 1 is 1.03 bits per heavy atom. The predicted octanol–water partition coefficient (Wildman–Crippen LogP) is 6.16. The van der Waals surface area contributed by atoms with E-state index >= 15 is 0 Å². The summed E-state index contributed by atoms with van der Waals surface area (Å²) in [5.74, 6) is 3.10. The van der Waals surface area contributed by atoms with Crippen molar-refractivity contribution in [3.63, 3.8) is 0 Å². The van der Waals surface area contributed by atoms with Crippen LogP contribution in [0.3, 0.4) is 0 Å². The molecule has 4 aliphatic rings. The topological polar surface area (TPSA) is 127 Å². The van der Waals surface area contributed by atoms with Crippen molar-refractivity contribution in [2.45, 2.75) is 117 Å². The lowest BCUT2D eigenvalue weighted by molar-refractivity contribution is -0.0562. The van der Waals surface area contributed by atoms with Crippen molar-refractivity contribution < 1.29 is 34.3 Å². The van der Waals surface area contributed by atoms with Crippen LogP contribution in [0.4, 0.5) is 0 Å². The van der Waals surface area contributed by atoms with Crippen molar-refractivity contribution in [2.24, 2.45) is 40.4 Å². The Balaban J connectivity index is 1.41. The van der Waals surface area contributed by atoms with Gasteiger partial charge >= 0.3 is 20.8 Å². The Bertz CT molecular complexity index is 1100. The van der Waals surface area contributed by atoms with Crippen LogP contribution in [0.25, 0.3) is 0 Å². The fourth-order valence-electron chi connectivity index (χ4n) is 9.23. The van der Waals surface area contributed by atoms with Crippen molar-refractivity contribution in [2.75, 3.05) is 0 Å². The molecule has 0 aromatic heterocycles. The Hall–Kier alpha value is -0.520. The van der Waals surface area contributed by atoms with E-state index in [9.17, 15) is 16.8 Å². The van der Waals surface area contributed by atoms with E-state index in [0.717, 1.165) is 25.7 Å². The summed E-state index contributed by atoms with van der Waals surface area (Å²) in [6.45, 7) is 10.6. The predicted molar refractivity (Wildman–Crippen MR) is 141 cm³/mol. The van der Waals surface area contributed by atoms with Gasteiger partial charge in [-0.2, -0.15) is 16.8 Å². The third-order valence-corrected chi connectivity index (χ3v) is 12.0. The van der Waals surface area contributed by atoms with Crippen molar-refractivity contribution >= 4 is 20.8 Å². The Kier molecular flexibility index (Phi) is 8.08. The van der Waals surface area contributed by atoms with E-state index in [-0.39, 0.29) is 5.41 Å². The van der Waals surface area contributed by atoms with Crippen molar-refractivity contribution in [1.82, 2.24) is 0 Å². The zero-order chi connectivity index (χ0) is 27.4. The molecule has 0 aliphatic heterocycles. The minimum absolute atomic E-state index is 0.0751. The van der Waals surface area contributed by atoms with E-state index in [1.807, 2.05) is 0 Å². The monoisotopic (exact) mass is 562 g/mol. The number of allylic oxidation sites excluding steroid dienone is 1. The first-order valence-corrected chi connectivity index (χ1v) is 16.7. The molecule has 214 valence electrons. The van der Waals surface area contributed by atoms with E-state index in [1.165, 1.54) is 31.3 Å². The zero-order valence-electron chi connectivity index (χ0n) is 23.0. The van der Waals surface area contributed by atoms with E-state index in [4.69, 9.17) is 17.5 Å². The highest BCUT2D eigenvalue weighted by Gasteiger charge is 2.59. The van der Waals surface area contributed by atoms with Crippen LogP contribution in [0.1, 0.15) is 105 Å². The summed E-state index contributed by atoms with van der Waals surface area (Å²) in [7, 11) is -8.89. The van der Waals surface area contributed by atoms with Crippen LogP contribution in [0.5, 0.6) is 0 Å². The first-order valence-electron chi connectivity index (χ1n) is 14.0. The summed E-state index contributed by atoms with van der Waals surface area (Å²) in [5, 5.41) is 0. The van der Waals surface area contributed by atoms with Gasteiger partial charge in [0.25, 0.3) is 0 Å². The lowest BCUT2D eigenvalue weighted by Crippen LogP contribution is -2.51. The summed E-state index contributed by atoms with van der Waals surface area (Å²) in [6, 6.07) is 0. The second-order valence-corrected chi connectivity index (χ2v) is 15.6. The Labute approximate surface area is 223 Å². The molecule has 8 atom stereocenters. The number of rotatable bonds is 9. The van der Waals surface area contributed by atoms with Crippen LogP contribution < -0.4 is 0 Å². The average Bonchev–Trinajstić information content (AvgIpc) is 3.08. The molecule has 0 aromatic rings. The summed E-state index contributed by atoms with van der Waals surface area (Å²) in [5.41, 5.74) is 0.773. The molecule has 0 spiro atoms. The smallest absolute Gasteiger partial charge is 0.264 e. The Morgan fingerprint density at radius 3 is 2.38 bits per heavy atom. The fourth-order valence-corrected chi connectivity index (χ4v) is 10.4. The van der Waals surface area contributed by atoms with Crippen LogP contribution in [-0.2, 0) is 29.2 Å². The summed E-state index contributed by atoms with van der Waals surface area (Å²) >= 11 is 0. The first-order chi connectivity index (χ1) is 16.9. The first kappa shape index (κ1) is 29.5. The van der Waals surface area contributed by atoms with Crippen LogP contribution in [0, 0.1) is 40.4 Å². The van der Waals surface area contributed by atoms with Crippen molar-refractivity contribution in [3.05, 3.63) is 11.6 Å². The summed E-state index contributed by atoms with van der Waals surface area (Å²) < 4.78 is 72.8. The molecule has 0 amide bonds. The molecule has 0 saturated heterocycles. The Morgan fingerprint density at radius 2 is 1.73 bits per heavy atom. The minimum Gasteiger partial charge on any atom is -0.264 e. The molecule has 0 radical (unpaired) electrons. The molecule has 0 aromatic carbocycles. The van der Waals surface area contributed by atoms with Gasteiger partial charge in [-0.15, -0.1) is 0 Å². The molecule has 1 unspecified atom stereocenters. The van der Waals surface area contributed by atoms with Gasteiger partial charge in [-0.25, -0.2) is 8.37 Å². The third-order valence-electron chi connectivity index (χ3n) is 10.8. The van der Waals surface area contributed by atoms with Gasteiger partial charge in [0.15, 0.2) is 0 Å². The van der Waals surface area contributed by atoms with Crippen LogP contribution in [-0.4, -0.2) is 37.6 Å². The molecule has 3 saturated carbocycles. The van der Waals surface area contributed by atoms with Gasteiger partial charge in [-0.05, 0) is 112 Å². The highest BCUT2D eigenvalue weighted by atomic mass is 32.3. The van der Waals surface area contributed by atoms with Gasteiger partial charge in [-0.1, -0.05) is 45.3 Å². The number of fused-ring (bicyclic) bond motifs is 5. The maximum Gasteiger partial charge on any atom is 0.397 e. The molecule has 8 nitrogen and oxygen atoms in total. The third kappa shape index (κ3) is 6.30. The average molecular weight is 563 g/mol. The molecule has 4 aliphatic carbocycles. The molecule has 0 heterocycles. The van der Waals surface area contributed by atoms with Crippen molar-refractivity contribution in [3.8, 4) is 0 Å². The van der Waals surface area contributed by atoms with Crippen molar-refractivity contribution in [1.29, 1.82) is 0 Å². The standard InChI is InChI=1S/C27H46O8S2/c1-18(7-6-14-25(2,3)35-37(31,32)33)22-10-11-23-21-9-8-19-17-20(34-36(28,29)30)12-15-26(19,4)24(21)13-16-27(22,23)5/h8,18,20-24H,6-7,9-17H2,1-5H3,(H,28,29,30)(H,31,32,33)/t18-,20+,21+,22?,23-,24+,26+,27-/m1/s1. The molecule has 4 rings (SSSR count). The second kappa shape index (κ2) is 10.1. The zero-order valence-corrected chi connectivity index (χ0v) is 24.6. The largest absolute Gasteiger partial charge is 0.397 e. The lowest BCUT2D eigenvalue weighted by atomic mass is 9.47. The quantitative estimate of drug-likeness (QED) is 0.253. The maximum atomic E-state index is 11.3. The molecule has 3 fully saturated rings. The van der Waals surface area contributed by atoms with Gasteiger partial charge in [-0.3, -0.25) is 9.11 Å². The molecule has 37 heavy (non-hydrogen) atoms. The number of hydrogen-bond donors (Lipinski definition) is 2. The maximum absolute atomic E-state index is 11.3. The van der Waals surface area contributed by atoms with Gasteiger partial charge in [0.2, 0.25) is 0 Å². The lowest BCUT2D eigenvalue weighted by Gasteiger charge is -2.58. The van der Waals surface area contributed by atoms with Crippen LogP contribution >= 0.6 is 0 Å². The number of hydrogen-bond acceptors (Lipinski definition) is 6. The van der Waals surface area contributed by atoms with Gasteiger partial charge in [0.1, 0.15) is 0 Å². The normalized spacial score (nSPS) is 39.3. The highest BCUT2D eigenvalue weighted by Crippen LogP contribution is 2.67. The van der Waals surface area contributed by atoms with E-state index in [2.05, 4.69) is 26.8 Å². The van der Waals surface area contributed by atoms with E-state index in [0.29, 0.717) is 54.3 Å². The van der Waals surface area contributed by atoms with E-state index in [1.54, 1.807) is 13.8 Å². The molecular formula is C27H46O8S2. The summed E-state index contributed by atoms with van der Waals surface area (Å²) in [4.78, 5) is 0. The SMILES string of the molecule is C[C@H](CCCC(C)(C)OS(=O)(=O)O)C1CC[C@@H]2[C@@H]3CC=C4C[C@@H](OS(=O)(=O)O)CC[C@]4(C)[C@H]3CC[C@]12C. The summed E-state index contributed by atoms with van der Waals surface area (Å²) in [6.07, 6.45) is 12.4. The van der Waals surface area contributed by atoms with Crippen LogP contribution in [0.2, 0.25) is 0 Å². The molecule has 0 bridgehead atoms. The van der Waals surface area contributed by atoms with E-state index < -0.39 is 32.5 Å². The highest BCUT2D eigenvalue weighted by molar-refractivity contribution is 7.81. The van der Waals surface area contributed by atoms with Gasteiger partial charge in [0, 0.05) is 0 Å². The fraction of sp³-hybridized carbons (Fsp3) is 0.926. The molecule has 10 heteroatoms. The van der Waals surface area contributed by atoms with Gasteiger partial charge < -0.3 is 0 Å². The van der Waals surface area contributed by atoms with Gasteiger partial charge in [0.05, 0.1) is 11.7 Å². The molecule has 2 N–H and O–H groups in total. The van der Waals surface area contributed by atoms with Crippen LogP contribution in [0.15, 0.2) is 11.6 Å². The second-order valence-electron chi connectivity index (χ2n) is 13.5. The molecular weight excluding hydrogens is 516 g/mol. The minimum atomic E-state index is -4.46.